The number of esters is 2. The molecule has 0 bridgehead atoms. The average molecular weight is 865 g/mol. The van der Waals surface area contributed by atoms with Gasteiger partial charge in [-0.2, -0.15) is 10.2 Å². The number of hydrogen-bond donors (Lipinski definition) is 2. The number of rotatable bonds is 19. The molecule has 4 aromatic rings. The molecule has 0 aliphatic carbocycles. The molecule has 2 N–H and O–H groups in total. The average Bonchev–Trinajstić information content (AvgIpc) is 3.17. The fourth-order valence-electron chi connectivity index (χ4n) is 4.94. The van der Waals surface area contributed by atoms with Crippen molar-refractivity contribution < 1.29 is 38.1 Å². The maximum Gasteiger partial charge on any atom is 0.343 e. The Labute approximate surface area is 330 Å². The van der Waals surface area contributed by atoms with Gasteiger partial charge in [0.25, 0.3) is 0 Å². The highest BCUT2D eigenvalue weighted by Gasteiger charge is 2.14. The Balaban J connectivity index is 1.09. The highest BCUT2D eigenvalue weighted by atomic mass is 79.9. The highest BCUT2D eigenvalue weighted by Crippen LogP contribution is 2.25. The van der Waals surface area contributed by atoms with Crippen LogP contribution >= 0.6 is 31.9 Å². The predicted octanol–water partition coefficient (Wildman–Crippen LogP) is 8.39. The van der Waals surface area contributed by atoms with Gasteiger partial charge in [0.05, 0.1) is 37.8 Å². The standard InChI is InChI=1S/C40H40Br2N4O8/c1-51-33-17-11-27(12-18-33)39(49)53-35-21-15-31(41)23-29(35)25-43-45-37(47)9-7-5-3-4-6-8-10-38(48)46-44-26-30-24-32(42)16-22-36(30)54-40(50)28-13-19-34(52-2)20-14-28/h11-26H,3-10H2,1-2H3,(H,45,47)(H,46,48). The van der Waals surface area contributed by atoms with E-state index in [9.17, 15) is 19.2 Å². The van der Waals surface area contributed by atoms with Crippen molar-refractivity contribution in [3.8, 4) is 23.0 Å². The first-order chi connectivity index (χ1) is 26.1. The summed E-state index contributed by atoms with van der Waals surface area (Å²) >= 11 is 6.81. The molecule has 0 fully saturated rings. The fourth-order valence-corrected chi connectivity index (χ4v) is 5.69. The molecular formula is C40H40Br2N4O8. The molecule has 4 aromatic carbocycles. The number of halogens is 2. The van der Waals surface area contributed by atoms with Gasteiger partial charge in [-0.25, -0.2) is 20.4 Å². The monoisotopic (exact) mass is 862 g/mol. The molecule has 12 nitrogen and oxygen atoms in total. The van der Waals surface area contributed by atoms with E-state index in [4.69, 9.17) is 18.9 Å². The molecule has 2 amide bonds. The number of amides is 2. The van der Waals surface area contributed by atoms with Crippen LogP contribution in [0.5, 0.6) is 23.0 Å². The van der Waals surface area contributed by atoms with Crippen LogP contribution in [0.1, 0.15) is 83.2 Å². The molecule has 0 unspecified atom stereocenters. The minimum absolute atomic E-state index is 0.222. The molecule has 0 atom stereocenters. The minimum Gasteiger partial charge on any atom is -0.497 e. The largest absolute Gasteiger partial charge is 0.497 e. The zero-order valence-electron chi connectivity index (χ0n) is 29.8. The summed E-state index contributed by atoms with van der Waals surface area (Å²) < 4.78 is 22.9. The van der Waals surface area contributed by atoms with Crippen LogP contribution in [-0.2, 0) is 9.59 Å². The summed E-state index contributed by atoms with van der Waals surface area (Å²) in [7, 11) is 3.09. The van der Waals surface area contributed by atoms with Crippen molar-refractivity contribution in [2.24, 2.45) is 10.2 Å². The second-order valence-electron chi connectivity index (χ2n) is 11.8. The molecule has 0 saturated carbocycles. The van der Waals surface area contributed by atoms with Crippen LogP contribution in [0.25, 0.3) is 0 Å². The number of nitrogens with zero attached hydrogens (tertiary/aromatic N) is 2. The van der Waals surface area contributed by atoms with Gasteiger partial charge in [-0.15, -0.1) is 0 Å². The van der Waals surface area contributed by atoms with Gasteiger partial charge in [0, 0.05) is 32.9 Å². The van der Waals surface area contributed by atoms with Crippen LogP contribution in [0.3, 0.4) is 0 Å². The Kier molecular flexibility index (Phi) is 16.9. The van der Waals surface area contributed by atoms with Gasteiger partial charge in [0.1, 0.15) is 23.0 Å². The lowest BCUT2D eigenvalue weighted by atomic mass is 10.1. The summed E-state index contributed by atoms with van der Waals surface area (Å²) in [6.07, 6.45) is 8.48. The minimum atomic E-state index is -0.536. The SMILES string of the molecule is COc1ccc(C(=O)Oc2ccc(Br)cc2C=NNC(=O)CCCCCCCCC(=O)NN=Cc2cc(Br)ccc2OC(=O)c2ccc(OC)cc2)cc1. The third-order valence-corrected chi connectivity index (χ3v) is 8.83. The molecule has 54 heavy (non-hydrogen) atoms. The third-order valence-electron chi connectivity index (χ3n) is 7.84. The Hall–Kier alpha value is -5.34. The first kappa shape index (κ1) is 41.4. The van der Waals surface area contributed by atoms with E-state index < -0.39 is 11.9 Å². The summed E-state index contributed by atoms with van der Waals surface area (Å²) in [6, 6.07) is 23.4. The topological polar surface area (TPSA) is 154 Å². The number of methoxy groups -OCH3 is 2. The van der Waals surface area contributed by atoms with Gasteiger partial charge in [-0.1, -0.05) is 57.5 Å². The van der Waals surface area contributed by atoms with E-state index in [-0.39, 0.29) is 11.8 Å². The number of carbonyl (C=O) groups is 4. The summed E-state index contributed by atoms with van der Waals surface area (Å²) in [5.41, 5.74) is 6.80. The normalized spacial score (nSPS) is 11.0. The van der Waals surface area contributed by atoms with Crippen molar-refractivity contribution in [2.75, 3.05) is 14.2 Å². The Bertz CT molecular complexity index is 1810. The Morgan fingerprint density at radius 2 is 0.926 bits per heavy atom. The predicted molar refractivity (Wildman–Crippen MR) is 213 cm³/mol. The summed E-state index contributed by atoms with van der Waals surface area (Å²) in [4.78, 5) is 49.9. The zero-order chi connectivity index (χ0) is 38.7. The number of hydrazone groups is 2. The van der Waals surface area contributed by atoms with E-state index in [1.165, 1.54) is 12.4 Å². The van der Waals surface area contributed by atoms with Crippen molar-refractivity contribution in [1.82, 2.24) is 10.9 Å². The summed E-state index contributed by atoms with van der Waals surface area (Å²) in [5, 5.41) is 8.10. The van der Waals surface area contributed by atoms with Crippen molar-refractivity contribution in [2.45, 2.75) is 51.4 Å². The summed E-state index contributed by atoms with van der Waals surface area (Å²) in [5.74, 6) is 0.329. The molecule has 282 valence electrons. The van der Waals surface area contributed by atoms with Crippen LogP contribution in [0.4, 0.5) is 0 Å². The highest BCUT2D eigenvalue weighted by molar-refractivity contribution is 9.10. The van der Waals surface area contributed by atoms with Gasteiger partial charge >= 0.3 is 11.9 Å². The lowest BCUT2D eigenvalue weighted by Crippen LogP contribution is -2.17. The summed E-state index contributed by atoms with van der Waals surface area (Å²) in [6.45, 7) is 0. The van der Waals surface area contributed by atoms with Gasteiger partial charge in [-0.05, 0) is 97.8 Å². The lowest BCUT2D eigenvalue weighted by molar-refractivity contribution is -0.122. The van der Waals surface area contributed by atoms with E-state index >= 15 is 0 Å². The second kappa shape index (κ2) is 22.0. The molecule has 0 spiro atoms. The van der Waals surface area contributed by atoms with Crippen LogP contribution in [0, 0.1) is 0 Å². The number of hydrogen-bond acceptors (Lipinski definition) is 10. The number of carbonyl (C=O) groups excluding carboxylic acids is 4. The number of benzene rings is 4. The molecule has 0 saturated heterocycles. The first-order valence-corrected chi connectivity index (χ1v) is 18.7. The third kappa shape index (κ3) is 13.9. The quantitative estimate of drug-likeness (QED) is 0.0314. The number of ether oxygens (including phenoxy) is 4. The maximum atomic E-state index is 12.6. The molecule has 0 aromatic heterocycles. The van der Waals surface area contributed by atoms with Gasteiger partial charge in [0.15, 0.2) is 0 Å². The lowest BCUT2D eigenvalue weighted by Gasteiger charge is -2.08. The Morgan fingerprint density at radius 1 is 0.556 bits per heavy atom. The fraction of sp³-hybridized carbons (Fsp3) is 0.250. The van der Waals surface area contributed by atoms with Crippen molar-refractivity contribution >= 4 is 68.0 Å². The number of unbranched alkanes of at least 4 members (excludes halogenated alkanes) is 5. The zero-order valence-corrected chi connectivity index (χ0v) is 33.0. The van der Waals surface area contributed by atoms with E-state index in [0.717, 1.165) is 34.6 Å². The van der Waals surface area contributed by atoms with Crippen LogP contribution in [0.2, 0.25) is 0 Å². The van der Waals surface area contributed by atoms with E-state index in [2.05, 4.69) is 52.9 Å². The maximum absolute atomic E-state index is 12.6. The molecule has 0 heterocycles. The molecular weight excluding hydrogens is 824 g/mol. The van der Waals surface area contributed by atoms with Crippen molar-refractivity contribution in [1.29, 1.82) is 0 Å². The van der Waals surface area contributed by atoms with Gasteiger partial charge < -0.3 is 18.9 Å². The van der Waals surface area contributed by atoms with Crippen LogP contribution in [-0.4, -0.2) is 50.4 Å². The first-order valence-electron chi connectivity index (χ1n) is 17.1. The van der Waals surface area contributed by atoms with Crippen molar-refractivity contribution in [3.05, 3.63) is 116 Å². The van der Waals surface area contributed by atoms with Crippen molar-refractivity contribution in [3.63, 3.8) is 0 Å². The van der Waals surface area contributed by atoms with Crippen LogP contribution < -0.4 is 29.8 Å². The number of nitrogens with one attached hydrogen (secondary N) is 2. The van der Waals surface area contributed by atoms with E-state index in [0.29, 0.717) is 70.9 Å². The molecule has 0 aliphatic rings. The Morgan fingerprint density at radius 3 is 1.30 bits per heavy atom. The van der Waals surface area contributed by atoms with E-state index in [1.807, 2.05) is 0 Å². The molecule has 14 heteroatoms. The smallest absolute Gasteiger partial charge is 0.343 e. The second-order valence-corrected chi connectivity index (χ2v) is 13.6. The van der Waals surface area contributed by atoms with Crippen LogP contribution in [0.15, 0.2) is 104 Å². The van der Waals surface area contributed by atoms with Gasteiger partial charge in [-0.3, -0.25) is 9.59 Å². The van der Waals surface area contributed by atoms with Gasteiger partial charge in [0.2, 0.25) is 11.8 Å². The van der Waals surface area contributed by atoms with E-state index in [1.54, 1.807) is 99.1 Å². The molecule has 0 radical (unpaired) electrons. The molecule has 0 aliphatic heterocycles. The molecule has 4 rings (SSSR count).